The highest BCUT2D eigenvalue weighted by atomic mass is 32.1. The van der Waals surface area contributed by atoms with E-state index in [2.05, 4.69) is 0 Å². The first-order valence-electron chi connectivity index (χ1n) is 15.6. The summed E-state index contributed by atoms with van der Waals surface area (Å²) in [4.78, 5) is 32.8. The zero-order valence-corrected chi connectivity index (χ0v) is 28.2. The normalized spacial score (nSPS) is 15.1. The van der Waals surface area contributed by atoms with Crippen molar-refractivity contribution in [3.63, 3.8) is 0 Å². The second-order valence-corrected chi connectivity index (χ2v) is 11.7. The van der Waals surface area contributed by atoms with Crippen molar-refractivity contribution in [1.82, 2.24) is 4.57 Å². The average molecular weight is 673 g/mol. The smallest absolute Gasteiger partial charge is 0.338 e. The van der Waals surface area contributed by atoms with E-state index in [9.17, 15) is 9.59 Å². The summed E-state index contributed by atoms with van der Waals surface area (Å²) in [5.41, 5.74) is 2.63. The van der Waals surface area contributed by atoms with Gasteiger partial charge in [-0.1, -0.05) is 35.6 Å². The molecule has 2 aliphatic heterocycles. The highest BCUT2D eigenvalue weighted by Gasteiger charge is 2.36. The van der Waals surface area contributed by atoms with Crippen LogP contribution < -0.4 is 43.3 Å². The van der Waals surface area contributed by atoms with Crippen LogP contribution in [0.1, 0.15) is 50.4 Å². The van der Waals surface area contributed by atoms with Gasteiger partial charge in [0.1, 0.15) is 12.6 Å². The molecule has 250 valence electrons. The summed E-state index contributed by atoms with van der Waals surface area (Å²) in [5.74, 6) is 2.86. The maximum absolute atomic E-state index is 14.2. The Bertz CT molecular complexity index is 2060. The average Bonchev–Trinajstić information content (AvgIpc) is 3.67. The molecule has 0 bridgehead atoms. The van der Waals surface area contributed by atoms with Gasteiger partial charge in [-0.2, -0.15) is 0 Å². The molecule has 48 heavy (non-hydrogen) atoms. The Morgan fingerprint density at radius 1 is 0.958 bits per heavy atom. The van der Waals surface area contributed by atoms with E-state index in [4.69, 9.17) is 38.2 Å². The highest BCUT2D eigenvalue weighted by Crippen LogP contribution is 2.41. The third kappa shape index (κ3) is 6.35. The topological polar surface area (TPSA) is 116 Å². The summed E-state index contributed by atoms with van der Waals surface area (Å²) in [7, 11) is 1.55. The molecule has 0 N–H and O–H groups in total. The summed E-state index contributed by atoms with van der Waals surface area (Å²) in [6.07, 6.45) is 1.78. The summed E-state index contributed by atoms with van der Waals surface area (Å²) in [6.45, 7) is 8.68. The van der Waals surface area contributed by atoms with Crippen LogP contribution in [0, 0.1) is 0 Å². The van der Waals surface area contributed by atoms with E-state index >= 15 is 0 Å². The van der Waals surface area contributed by atoms with Gasteiger partial charge in [0, 0.05) is 5.56 Å². The van der Waals surface area contributed by atoms with Crippen LogP contribution in [0.15, 0.2) is 75.7 Å². The molecule has 2 aliphatic rings. The van der Waals surface area contributed by atoms with E-state index < -0.39 is 12.0 Å². The van der Waals surface area contributed by atoms with Gasteiger partial charge in [-0.05, 0) is 75.2 Å². The lowest BCUT2D eigenvalue weighted by molar-refractivity contribution is -0.139. The van der Waals surface area contributed by atoms with Gasteiger partial charge >= 0.3 is 5.97 Å². The molecule has 4 aromatic rings. The van der Waals surface area contributed by atoms with E-state index in [0.29, 0.717) is 74.9 Å². The zero-order valence-electron chi connectivity index (χ0n) is 27.4. The van der Waals surface area contributed by atoms with Crippen molar-refractivity contribution in [1.29, 1.82) is 0 Å². The van der Waals surface area contributed by atoms with E-state index in [1.807, 2.05) is 56.3 Å². The summed E-state index contributed by atoms with van der Waals surface area (Å²) in [6, 6.07) is 15.7. The minimum absolute atomic E-state index is 0.168. The first kappa shape index (κ1) is 32.7. The van der Waals surface area contributed by atoms with Crippen molar-refractivity contribution in [2.24, 2.45) is 4.99 Å². The number of allylic oxidation sites excluding steroid dienone is 1. The number of hydrogen-bond acceptors (Lipinski definition) is 11. The molecule has 3 heterocycles. The van der Waals surface area contributed by atoms with E-state index in [1.165, 1.54) is 15.9 Å². The molecule has 0 saturated carbocycles. The SMILES string of the molecule is CCOC(=O)C1=C(C)N=c2s/c(=C/c3ccc(OCc4ccc5c(c4)OCO5)c(OCC)c3)c(=O)n2[C@H]1c1cccc(OC)c1OCC. The molecule has 0 aliphatic carbocycles. The van der Waals surface area contributed by atoms with Gasteiger partial charge in [-0.25, -0.2) is 9.79 Å². The standard InChI is InChI=1S/C36H36N2O9S/c1-6-42-28-16-22(12-14-25(28)45-19-23-13-15-26-29(17-23)47-20-46-26)18-30-34(39)38-32(24-10-9-11-27(41-5)33(24)43-7-2)31(35(40)44-8-3)21(4)37-36(38)48-30/h9-18,32H,6-8,19-20H2,1-5H3/b30-18+/t32-/m0/s1. The molecule has 0 radical (unpaired) electrons. The van der Waals surface area contributed by atoms with Crippen LogP contribution in [-0.4, -0.2) is 44.3 Å². The number of methoxy groups -OCH3 is 1. The fraction of sp³-hybridized carbons (Fsp3) is 0.306. The maximum Gasteiger partial charge on any atom is 0.338 e. The lowest BCUT2D eigenvalue weighted by atomic mass is 9.94. The first-order valence-corrected chi connectivity index (χ1v) is 16.5. The van der Waals surface area contributed by atoms with Gasteiger partial charge in [0.05, 0.1) is 42.7 Å². The van der Waals surface area contributed by atoms with Crippen LogP contribution >= 0.6 is 11.3 Å². The Hall–Kier alpha value is -5.23. The fourth-order valence-corrected chi connectivity index (χ4v) is 6.69. The largest absolute Gasteiger partial charge is 0.493 e. The van der Waals surface area contributed by atoms with Crippen LogP contribution in [0.2, 0.25) is 0 Å². The molecule has 0 unspecified atom stereocenters. The number of carbonyl (C=O) groups excluding carboxylic acids is 1. The van der Waals surface area contributed by atoms with Crippen LogP contribution in [0.3, 0.4) is 0 Å². The van der Waals surface area contributed by atoms with Crippen molar-refractivity contribution in [2.45, 2.75) is 40.3 Å². The van der Waals surface area contributed by atoms with Crippen molar-refractivity contribution in [3.8, 4) is 34.5 Å². The van der Waals surface area contributed by atoms with Crippen molar-refractivity contribution >= 4 is 23.4 Å². The number of thiazole rings is 1. The third-order valence-electron chi connectivity index (χ3n) is 7.73. The van der Waals surface area contributed by atoms with Gasteiger partial charge < -0.3 is 33.2 Å². The van der Waals surface area contributed by atoms with E-state index in [-0.39, 0.29) is 24.5 Å². The zero-order chi connectivity index (χ0) is 33.8. The van der Waals surface area contributed by atoms with Crippen molar-refractivity contribution in [2.75, 3.05) is 33.7 Å². The summed E-state index contributed by atoms with van der Waals surface area (Å²) >= 11 is 1.23. The number of carbonyl (C=O) groups is 1. The number of nitrogens with zero attached hydrogens (tertiary/aromatic N) is 2. The lowest BCUT2D eigenvalue weighted by Crippen LogP contribution is -2.40. The molecule has 1 aromatic heterocycles. The molecule has 0 saturated heterocycles. The lowest BCUT2D eigenvalue weighted by Gasteiger charge is -2.26. The molecule has 3 aromatic carbocycles. The van der Waals surface area contributed by atoms with Crippen LogP contribution in [-0.2, 0) is 16.1 Å². The number of benzene rings is 3. The molecule has 6 rings (SSSR count). The van der Waals surface area contributed by atoms with Crippen LogP contribution in [0.25, 0.3) is 6.08 Å². The predicted molar refractivity (Wildman–Crippen MR) is 179 cm³/mol. The van der Waals surface area contributed by atoms with Gasteiger partial charge in [-0.15, -0.1) is 0 Å². The predicted octanol–water partition coefficient (Wildman–Crippen LogP) is 4.91. The Morgan fingerprint density at radius 3 is 2.54 bits per heavy atom. The first-order chi connectivity index (χ1) is 23.4. The number of rotatable bonds is 12. The third-order valence-corrected chi connectivity index (χ3v) is 8.71. The minimum Gasteiger partial charge on any atom is -0.493 e. The molecule has 0 spiro atoms. The van der Waals surface area contributed by atoms with Gasteiger partial charge in [-0.3, -0.25) is 9.36 Å². The maximum atomic E-state index is 14.2. The summed E-state index contributed by atoms with van der Waals surface area (Å²) in [5, 5.41) is 0. The van der Waals surface area contributed by atoms with Crippen molar-refractivity contribution < 1.29 is 38.0 Å². The molecule has 0 amide bonds. The highest BCUT2D eigenvalue weighted by molar-refractivity contribution is 7.07. The molecule has 1 atom stereocenters. The Balaban J connectivity index is 1.40. The second kappa shape index (κ2) is 14.3. The fourth-order valence-electron chi connectivity index (χ4n) is 5.64. The Kier molecular flexibility index (Phi) is 9.72. The molecular weight excluding hydrogens is 636 g/mol. The van der Waals surface area contributed by atoms with Gasteiger partial charge in [0.15, 0.2) is 39.3 Å². The molecule has 11 nitrogen and oxygen atoms in total. The van der Waals surface area contributed by atoms with Gasteiger partial charge in [0.2, 0.25) is 6.79 Å². The van der Waals surface area contributed by atoms with Crippen LogP contribution in [0.4, 0.5) is 0 Å². The Labute approximate surface area is 281 Å². The number of fused-ring (bicyclic) bond motifs is 2. The number of para-hydroxylation sites is 1. The second-order valence-electron chi connectivity index (χ2n) is 10.7. The molecular formula is C36H36N2O9S. The van der Waals surface area contributed by atoms with Gasteiger partial charge in [0.25, 0.3) is 5.56 Å². The number of ether oxygens (including phenoxy) is 7. The minimum atomic E-state index is -0.856. The van der Waals surface area contributed by atoms with Crippen molar-refractivity contribution in [3.05, 3.63) is 102 Å². The Morgan fingerprint density at radius 2 is 1.77 bits per heavy atom. The number of hydrogen-bond donors (Lipinski definition) is 0. The van der Waals surface area contributed by atoms with E-state index in [1.54, 1.807) is 39.2 Å². The molecule has 12 heteroatoms. The quantitative estimate of drug-likeness (QED) is 0.194. The van der Waals surface area contributed by atoms with E-state index in [0.717, 1.165) is 11.1 Å². The number of esters is 1. The van der Waals surface area contributed by atoms with Crippen LogP contribution in [0.5, 0.6) is 34.5 Å². The summed E-state index contributed by atoms with van der Waals surface area (Å²) < 4.78 is 41.9. The monoisotopic (exact) mass is 672 g/mol. The number of aromatic nitrogens is 1. The molecule has 0 fully saturated rings.